The van der Waals surface area contributed by atoms with Gasteiger partial charge in [-0.2, -0.15) is 0 Å². The van der Waals surface area contributed by atoms with E-state index >= 15 is 0 Å². The second-order valence-corrected chi connectivity index (χ2v) is 6.39. The van der Waals surface area contributed by atoms with E-state index in [-0.39, 0.29) is 5.38 Å². The average Bonchev–Trinajstić information content (AvgIpc) is 2.44. The maximum absolute atomic E-state index is 6.81. The number of benzene rings is 1. The van der Waals surface area contributed by atoms with Crippen LogP contribution in [0, 0.1) is 40.5 Å². The predicted molar refractivity (Wildman–Crippen MR) is 82.3 cm³/mol. The standard InChI is InChI=1S/C17H25ClO/c1-10-11(2)13(4)16(14(5)12(10)3)17(18)15-7-6-8-19-9-15/h15,17H,6-9H2,1-5H3. The summed E-state index contributed by atoms with van der Waals surface area (Å²) in [5.41, 5.74) is 8.26. The molecule has 0 spiro atoms. The topological polar surface area (TPSA) is 9.23 Å². The summed E-state index contributed by atoms with van der Waals surface area (Å²) >= 11 is 6.81. The zero-order valence-electron chi connectivity index (χ0n) is 12.8. The van der Waals surface area contributed by atoms with Crippen LogP contribution < -0.4 is 0 Å². The first kappa shape index (κ1) is 14.9. The molecule has 1 heterocycles. The molecule has 0 saturated carbocycles. The molecule has 1 aromatic carbocycles. The zero-order valence-corrected chi connectivity index (χ0v) is 13.5. The Kier molecular flexibility index (Phi) is 4.58. The van der Waals surface area contributed by atoms with Gasteiger partial charge >= 0.3 is 0 Å². The van der Waals surface area contributed by atoms with E-state index in [0.717, 1.165) is 19.6 Å². The molecule has 0 aliphatic carbocycles. The third-order valence-corrected chi connectivity index (χ3v) is 5.52. The molecule has 1 aromatic rings. The first-order chi connectivity index (χ1) is 8.95. The van der Waals surface area contributed by atoms with Crippen molar-refractivity contribution in [3.8, 4) is 0 Å². The Balaban J connectivity index is 2.43. The highest BCUT2D eigenvalue weighted by molar-refractivity contribution is 6.21. The van der Waals surface area contributed by atoms with Crippen molar-refractivity contribution in [2.24, 2.45) is 5.92 Å². The Morgan fingerprint density at radius 1 is 0.947 bits per heavy atom. The summed E-state index contributed by atoms with van der Waals surface area (Å²) in [4.78, 5) is 0. The minimum Gasteiger partial charge on any atom is -0.381 e. The molecule has 1 saturated heterocycles. The van der Waals surface area contributed by atoms with E-state index in [9.17, 15) is 0 Å². The smallest absolute Gasteiger partial charge is 0.0640 e. The van der Waals surface area contributed by atoms with E-state index in [1.54, 1.807) is 0 Å². The fraction of sp³-hybridized carbons (Fsp3) is 0.647. The Morgan fingerprint density at radius 3 is 1.95 bits per heavy atom. The monoisotopic (exact) mass is 280 g/mol. The Bertz CT molecular complexity index is 444. The Morgan fingerprint density at radius 2 is 1.47 bits per heavy atom. The summed E-state index contributed by atoms with van der Waals surface area (Å²) in [6.07, 6.45) is 2.31. The molecule has 0 N–H and O–H groups in total. The van der Waals surface area contributed by atoms with Crippen LogP contribution in [0.5, 0.6) is 0 Å². The van der Waals surface area contributed by atoms with Crippen molar-refractivity contribution in [2.75, 3.05) is 13.2 Å². The van der Waals surface area contributed by atoms with Crippen LogP contribution in [0.25, 0.3) is 0 Å². The first-order valence-electron chi connectivity index (χ1n) is 7.23. The van der Waals surface area contributed by atoms with Crippen LogP contribution in [-0.2, 0) is 4.74 Å². The second kappa shape index (κ2) is 5.85. The van der Waals surface area contributed by atoms with Gasteiger partial charge in [0.15, 0.2) is 0 Å². The van der Waals surface area contributed by atoms with Crippen LogP contribution >= 0.6 is 11.6 Å². The number of alkyl halides is 1. The quantitative estimate of drug-likeness (QED) is 0.698. The van der Waals surface area contributed by atoms with Gasteiger partial charge in [0.1, 0.15) is 0 Å². The molecule has 1 aliphatic rings. The van der Waals surface area contributed by atoms with Gasteiger partial charge in [0.25, 0.3) is 0 Å². The number of halogens is 1. The van der Waals surface area contributed by atoms with Crippen molar-refractivity contribution < 1.29 is 4.74 Å². The SMILES string of the molecule is Cc1c(C)c(C)c(C(Cl)C2CCCOC2)c(C)c1C. The lowest BCUT2D eigenvalue weighted by Crippen LogP contribution is -2.22. The Labute approximate surface area is 122 Å². The molecular formula is C17H25ClO. The molecule has 2 atom stereocenters. The molecule has 0 bridgehead atoms. The van der Waals surface area contributed by atoms with E-state index in [2.05, 4.69) is 34.6 Å². The van der Waals surface area contributed by atoms with E-state index in [1.807, 2.05) is 0 Å². The lowest BCUT2D eigenvalue weighted by atomic mass is 9.83. The predicted octanol–water partition coefficient (Wildman–Crippen LogP) is 4.94. The largest absolute Gasteiger partial charge is 0.381 e. The summed E-state index contributed by atoms with van der Waals surface area (Å²) < 4.78 is 5.60. The third kappa shape index (κ3) is 2.68. The lowest BCUT2D eigenvalue weighted by Gasteiger charge is -2.30. The average molecular weight is 281 g/mol. The van der Waals surface area contributed by atoms with Crippen LogP contribution in [0.1, 0.15) is 51.6 Å². The molecule has 1 aliphatic heterocycles. The second-order valence-electron chi connectivity index (χ2n) is 5.92. The van der Waals surface area contributed by atoms with Gasteiger partial charge in [-0.05, 0) is 80.8 Å². The van der Waals surface area contributed by atoms with Crippen molar-refractivity contribution in [3.05, 3.63) is 33.4 Å². The van der Waals surface area contributed by atoms with Gasteiger partial charge < -0.3 is 4.74 Å². The fourth-order valence-corrected chi connectivity index (χ4v) is 3.70. The number of hydrogen-bond donors (Lipinski definition) is 0. The molecule has 19 heavy (non-hydrogen) atoms. The molecule has 0 amide bonds. The minimum atomic E-state index is 0.0818. The molecule has 106 valence electrons. The van der Waals surface area contributed by atoms with Crippen LogP contribution in [-0.4, -0.2) is 13.2 Å². The molecular weight excluding hydrogens is 256 g/mol. The lowest BCUT2D eigenvalue weighted by molar-refractivity contribution is 0.0530. The Hall–Kier alpha value is -0.530. The number of rotatable bonds is 2. The highest BCUT2D eigenvalue weighted by atomic mass is 35.5. The van der Waals surface area contributed by atoms with Gasteiger partial charge in [0.2, 0.25) is 0 Å². The number of ether oxygens (including phenoxy) is 1. The van der Waals surface area contributed by atoms with Gasteiger partial charge in [-0.3, -0.25) is 0 Å². The highest BCUT2D eigenvalue weighted by Gasteiger charge is 2.27. The van der Waals surface area contributed by atoms with Crippen molar-refractivity contribution in [1.82, 2.24) is 0 Å². The summed E-state index contributed by atoms with van der Waals surface area (Å²) in [6, 6.07) is 0. The van der Waals surface area contributed by atoms with E-state index in [0.29, 0.717) is 5.92 Å². The third-order valence-electron chi connectivity index (χ3n) is 4.94. The van der Waals surface area contributed by atoms with Crippen LogP contribution in [0.4, 0.5) is 0 Å². The van der Waals surface area contributed by atoms with E-state index < -0.39 is 0 Å². The molecule has 2 heteroatoms. The number of hydrogen-bond acceptors (Lipinski definition) is 1. The van der Waals surface area contributed by atoms with Gasteiger partial charge in [-0.1, -0.05) is 0 Å². The van der Waals surface area contributed by atoms with Gasteiger partial charge in [0.05, 0.1) is 12.0 Å². The van der Waals surface area contributed by atoms with Crippen LogP contribution in [0.15, 0.2) is 0 Å². The highest BCUT2D eigenvalue weighted by Crippen LogP contribution is 2.40. The zero-order chi connectivity index (χ0) is 14.2. The van der Waals surface area contributed by atoms with Crippen LogP contribution in [0.2, 0.25) is 0 Å². The normalized spacial score (nSPS) is 21.5. The molecule has 1 fully saturated rings. The molecule has 0 aromatic heterocycles. The first-order valence-corrected chi connectivity index (χ1v) is 7.67. The van der Waals surface area contributed by atoms with E-state index in [4.69, 9.17) is 16.3 Å². The maximum atomic E-state index is 6.81. The van der Waals surface area contributed by atoms with Gasteiger partial charge in [-0.15, -0.1) is 11.6 Å². The molecule has 0 radical (unpaired) electrons. The summed E-state index contributed by atoms with van der Waals surface area (Å²) in [5, 5.41) is 0.0818. The molecule has 2 unspecified atom stereocenters. The van der Waals surface area contributed by atoms with Gasteiger partial charge in [-0.25, -0.2) is 0 Å². The maximum Gasteiger partial charge on any atom is 0.0640 e. The van der Waals surface area contributed by atoms with Gasteiger partial charge in [0, 0.05) is 12.5 Å². The van der Waals surface area contributed by atoms with Crippen molar-refractivity contribution in [3.63, 3.8) is 0 Å². The van der Waals surface area contributed by atoms with E-state index in [1.165, 1.54) is 39.8 Å². The summed E-state index contributed by atoms with van der Waals surface area (Å²) in [6.45, 7) is 12.7. The fourth-order valence-electron chi connectivity index (χ4n) is 3.17. The van der Waals surface area contributed by atoms with Crippen molar-refractivity contribution in [1.29, 1.82) is 0 Å². The van der Waals surface area contributed by atoms with Crippen LogP contribution in [0.3, 0.4) is 0 Å². The minimum absolute atomic E-state index is 0.0818. The summed E-state index contributed by atoms with van der Waals surface area (Å²) in [5.74, 6) is 0.453. The van der Waals surface area contributed by atoms with Crippen molar-refractivity contribution >= 4 is 11.6 Å². The molecule has 2 rings (SSSR count). The van der Waals surface area contributed by atoms with Crippen molar-refractivity contribution in [2.45, 2.75) is 52.8 Å². The molecule has 1 nitrogen and oxygen atoms in total. The summed E-state index contributed by atoms with van der Waals surface area (Å²) in [7, 11) is 0.